The second-order valence-corrected chi connectivity index (χ2v) is 4.69. The van der Waals surface area contributed by atoms with E-state index in [0.717, 1.165) is 5.56 Å². The number of aryl methyl sites for hydroxylation is 1. The van der Waals surface area contributed by atoms with Gasteiger partial charge in [-0.25, -0.2) is 4.39 Å². The summed E-state index contributed by atoms with van der Waals surface area (Å²) in [5.74, 6) is -1.26. The molecule has 0 unspecified atom stereocenters. The Bertz CT molecular complexity index is 704. The van der Waals surface area contributed by atoms with Crippen LogP contribution in [0.3, 0.4) is 0 Å². The van der Waals surface area contributed by atoms with Gasteiger partial charge in [-0.3, -0.25) is 9.59 Å². The second-order valence-electron chi connectivity index (χ2n) is 4.69. The maximum absolute atomic E-state index is 13.0. The van der Waals surface area contributed by atoms with Crippen molar-refractivity contribution in [1.29, 1.82) is 0 Å². The number of carbonyl (C=O) groups is 1. The van der Waals surface area contributed by atoms with Crippen molar-refractivity contribution in [3.63, 3.8) is 0 Å². The first-order chi connectivity index (χ1) is 10.0. The fraction of sp³-hybridized carbons (Fsp3) is 0.250. The molecule has 2 rings (SSSR count). The standard InChI is InChI=1S/C16H16FNO3/c1-2-18-14(11-3-7-13(17)8-4-11)9-5-12(16(18)21)6-10-15(19)20/h3-5,7-9H,2,6,10H2,1H3,(H,19,20). The number of benzene rings is 1. The summed E-state index contributed by atoms with van der Waals surface area (Å²) < 4.78 is 14.6. The van der Waals surface area contributed by atoms with Crippen molar-refractivity contribution in [3.05, 3.63) is 58.1 Å². The predicted octanol–water partition coefficient (Wildman–Crippen LogP) is 2.69. The highest BCUT2D eigenvalue weighted by atomic mass is 19.1. The number of pyridine rings is 1. The number of halogens is 1. The van der Waals surface area contributed by atoms with Crippen LogP contribution in [0.4, 0.5) is 4.39 Å². The van der Waals surface area contributed by atoms with Gasteiger partial charge in [0.25, 0.3) is 5.56 Å². The van der Waals surface area contributed by atoms with Crippen LogP contribution in [0.15, 0.2) is 41.2 Å². The number of rotatable bonds is 5. The van der Waals surface area contributed by atoms with E-state index in [1.165, 1.54) is 12.1 Å². The molecule has 0 saturated carbocycles. The zero-order valence-electron chi connectivity index (χ0n) is 11.7. The van der Waals surface area contributed by atoms with Crippen LogP contribution in [0.1, 0.15) is 18.9 Å². The van der Waals surface area contributed by atoms with Gasteiger partial charge in [0.2, 0.25) is 0 Å². The lowest BCUT2D eigenvalue weighted by Crippen LogP contribution is -2.24. The van der Waals surface area contributed by atoms with Gasteiger partial charge in [0.15, 0.2) is 0 Å². The first-order valence-corrected chi connectivity index (χ1v) is 6.73. The maximum atomic E-state index is 13.0. The second kappa shape index (κ2) is 6.35. The first-order valence-electron chi connectivity index (χ1n) is 6.73. The highest BCUT2D eigenvalue weighted by molar-refractivity contribution is 5.67. The largest absolute Gasteiger partial charge is 0.481 e. The molecule has 0 spiro atoms. The molecule has 21 heavy (non-hydrogen) atoms. The van der Waals surface area contributed by atoms with Gasteiger partial charge < -0.3 is 9.67 Å². The van der Waals surface area contributed by atoms with Crippen molar-refractivity contribution in [2.75, 3.05) is 0 Å². The van der Waals surface area contributed by atoms with Crippen LogP contribution in [0, 0.1) is 5.82 Å². The number of hydrogen-bond donors (Lipinski definition) is 1. The molecule has 0 saturated heterocycles. The molecule has 0 radical (unpaired) electrons. The molecule has 0 amide bonds. The molecular formula is C16H16FNO3. The molecule has 1 aromatic carbocycles. The molecule has 0 bridgehead atoms. The molecule has 110 valence electrons. The van der Waals surface area contributed by atoms with Crippen molar-refractivity contribution < 1.29 is 14.3 Å². The molecule has 1 aromatic heterocycles. The molecular weight excluding hydrogens is 273 g/mol. The zero-order valence-corrected chi connectivity index (χ0v) is 11.7. The summed E-state index contributed by atoms with van der Waals surface area (Å²) in [6, 6.07) is 9.35. The third kappa shape index (κ3) is 3.37. The first kappa shape index (κ1) is 15.0. The van der Waals surface area contributed by atoms with Crippen LogP contribution < -0.4 is 5.56 Å². The zero-order chi connectivity index (χ0) is 15.4. The van der Waals surface area contributed by atoms with E-state index in [-0.39, 0.29) is 24.2 Å². The Labute approximate surface area is 121 Å². The SMILES string of the molecule is CCn1c(-c2ccc(F)cc2)ccc(CCC(=O)O)c1=O. The van der Waals surface area contributed by atoms with Crippen molar-refractivity contribution in [1.82, 2.24) is 4.57 Å². The summed E-state index contributed by atoms with van der Waals surface area (Å²) in [5, 5.41) is 8.71. The highest BCUT2D eigenvalue weighted by Crippen LogP contribution is 2.19. The Morgan fingerprint density at radius 2 is 1.86 bits per heavy atom. The lowest BCUT2D eigenvalue weighted by atomic mass is 10.1. The van der Waals surface area contributed by atoms with Gasteiger partial charge >= 0.3 is 5.97 Å². The average molecular weight is 289 g/mol. The van der Waals surface area contributed by atoms with Crippen LogP contribution >= 0.6 is 0 Å². The van der Waals surface area contributed by atoms with E-state index in [2.05, 4.69) is 0 Å². The molecule has 1 N–H and O–H groups in total. The van der Waals surface area contributed by atoms with E-state index >= 15 is 0 Å². The maximum Gasteiger partial charge on any atom is 0.303 e. The lowest BCUT2D eigenvalue weighted by molar-refractivity contribution is -0.136. The number of hydrogen-bond acceptors (Lipinski definition) is 2. The molecule has 0 aliphatic heterocycles. The Morgan fingerprint density at radius 1 is 1.19 bits per heavy atom. The van der Waals surface area contributed by atoms with Crippen molar-refractivity contribution in [2.24, 2.45) is 0 Å². The topological polar surface area (TPSA) is 59.3 Å². The van der Waals surface area contributed by atoms with Gasteiger partial charge in [-0.05, 0) is 49.2 Å². The van der Waals surface area contributed by atoms with Gasteiger partial charge in [0, 0.05) is 18.5 Å². The molecule has 5 heteroatoms. The summed E-state index contributed by atoms with van der Waals surface area (Å²) in [6.07, 6.45) is 0.132. The highest BCUT2D eigenvalue weighted by Gasteiger charge is 2.10. The van der Waals surface area contributed by atoms with Crippen LogP contribution in [-0.2, 0) is 17.8 Å². The summed E-state index contributed by atoms with van der Waals surface area (Å²) >= 11 is 0. The average Bonchev–Trinajstić information content (AvgIpc) is 2.46. The number of aromatic nitrogens is 1. The Hall–Kier alpha value is -2.43. The minimum absolute atomic E-state index is 0.0746. The van der Waals surface area contributed by atoms with Crippen LogP contribution in [0.5, 0.6) is 0 Å². The van der Waals surface area contributed by atoms with E-state index in [1.807, 2.05) is 6.92 Å². The molecule has 2 aromatic rings. The van der Waals surface area contributed by atoms with Crippen LogP contribution in [0.25, 0.3) is 11.3 Å². The summed E-state index contributed by atoms with van der Waals surface area (Å²) in [5.41, 5.74) is 1.73. The quantitative estimate of drug-likeness (QED) is 0.920. The Kier molecular flexibility index (Phi) is 4.52. The van der Waals surface area contributed by atoms with E-state index in [1.54, 1.807) is 28.8 Å². The Balaban J connectivity index is 2.44. The molecule has 0 aliphatic carbocycles. The van der Waals surface area contributed by atoms with E-state index in [0.29, 0.717) is 17.8 Å². The van der Waals surface area contributed by atoms with Crippen LogP contribution in [0.2, 0.25) is 0 Å². The summed E-state index contributed by atoms with van der Waals surface area (Å²) in [4.78, 5) is 23.0. The van der Waals surface area contributed by atoms with Crippen molar-refractivity contribution >= 4 is 5.97 Å². The molecule has 0 fully saturated rings. The lowest BCUT2D eigenvalue weighted by Gasteiger charge is -2.13. The van der Waals surface area contributed by atoms with Gasteiger partial charge in [-0.1, -0.05) is 6.07 Å². The summed E-state index contributed by atoms with van der Waals surface area (Å²) in [6.45, 7) is 2.31. The molecule has 0 aliphatic rings. The Morgan fingerprint density at radius 3 is 2.43 bits per heavy atom. The number of carboxylic acid groups (broad SMARTS) is 1. The number of aliphatic carboxylic acids is 1. The van der Waals surface area contributed by atoms with E-state index in [9.17, 15) is 14.0 Å². The van der Waals surface area contributed by atoms with Crippen molar-refractivity contribution in [2.45, 2.75) is 26.3 Å². The molecule has 4 nitrogen and oxygen atoms in total. The minimum Gasteiger partial charge on any atom is -0.481 e. The van der Waals surface area contributed by atoms with Crippen LogP contribution in [-0.4, -0.2) is 15.6 Å². The predicted molar refractivity (Wildman–Crippen MR) is 77.7 cm³/mol. The third-order valence-corrected chi connectivity index (χ3v) is 3.32. The fourth-order valence-corrected chi connectivity index (χ4v) is 2.24. The molecule has 1 heterocycles. The van der Waals surface area contributed by atoms with Crippen molar-refractivity contribution in [3.8, 4) is 11.3 Å². The van der Waals surface area contributed by atoms with Gasteiger partial charge in [-0.2, -0.15) is 0 Å². The summed E-state index contributed by atoms with van der Waals surface area (Å²) in [7, 11) is 0. The van der Waals surface area contributed by atoms with Gasteiger partial charge in [0.1, 0.15) is 5.82 Å². The minimum atomic E-state index is -0.931. The molecule has 0 atom stereocenters. The smallest absolute Gasteiger partial charge is 0.303 e. The van der Waals surface area contributed by atoms with E-state index < -0.39 is 5.97 Å². The van der Waals surface area contributed by atoms with E-state index in [4.69, 9.17) is 5.11 Å². The normalized spacial score (nSPS) is 10.6. The third-order valence-electron chi connectivity index (χ3n) is 3.32. The van der Waals surface area contributed by atoms with Gasteiger partial charge in [0.05, 0.1) is 5.69 Å². The number of nitrogens with zero attached hydrogens (tertiary/aromatic N) is 1. The fourth-order valence-electron chi connectivity index (χ4n) is 2.24. The monoisotopic (exact) mass is 289 g/mol. The van der Waals surface area contributed by atoms with Gasteiger partial charge in [-0.15, -0.1) is 0 Å². The number of carboxylic acids is 1.